The molecule has 5 nitrogen and oxygen atoms in total. The average Bonchev–Trinajstić information content (AvgIpc) is 2.25. The fourth-order valence-electron chi connectivity index (χ4n) is 1.39. The molecule has 0 aromatic heterocycles. The van der Waals surface area contributed by atoms with Crippen LogP contribution in [-0.2, 0) is 14.6 Å². The van der Waals surface area contributed by atoms with E-state index < -0.39 is 9.84 Å². The summed E-state index contributed by atoms with van der Waals surface area (Å²) < 4.78 is 27.6. The van der Waals surface area contributed by atoms with Crippen molar-refractivity contribution in [3.8, 4) is 0 Å². The van der Waals surface area contributed by atoms with Crippen LogP contribution in [0.25, 0.3) is 0 Å². The molecule has 0 rings (SSSR count). The van der Waals surface area contributed by atoms with Crippen molar-refractivity contribution in [1.29, 1.82) is 0 Å². The zero-order valence-electron chi connectivity index (χ0n) is 10.3. The van der Waals surface area contributed by atoms with Gasteiger partial charge in [-0.25, -0.2) is 8.42 Å². The SMILES string of the molecule is CCS(=O)(=O)CCCN(CCN)CCOC. The lowest BCUT2D eigenvalue weighted by Crippen LogP contribution is -2.34. The topological polar surface area (TPSA) is 72.6 Å². The van der Waals surface area contributed by atoms with Crippen LogP contribution in [0.2, 0.25) is 0 Å². The van der Waals surface area contributed by atoms with Gasteiger partial charge in [-0.3, -0.25) is 4.90 Å². The first-order chi connectivity index (χ1) is 7.55. The fourth-order valence-corrected chi connectivity index (χ4v) is 2.25. The van der Waals surface area contributed by atoms with Gasteiger partial charge < -0.3 is 10.5 Å². The summed E-state index contributed by atoms with van der Waals surface area (Å²) in [4.78, 5) is 2.13. The Kier molecular flexibility index (Phi) is 8.83. The summed E-state index contributed by atoms with van der Waals surface area (Å²) in [5.41, 5.74) is 5.48. The molecule has 16 heavy (non-hydrogen) atoms. The zero-order valence-corrected chi connectivity index (χ0v) is 11.1. The molecule has 0 aliphatic carbocycles. The van der Waals surface area contributed by atoms with Gasteiger partial charge in [0.15, 0.2) is 0 Å². The number of sulfone groups is 1. The standard InChI is InChI=1S/C10H24N2O3S/c1-3-16(13,14)10-4-6-12(7-5-11)8-9-15-2/h3-11H2,1-2H3. The molecule has 0 aromatic rings. The normalized spacial score (nSPS) is 12.2. The van der Waals surface area contributed by atoms with E-state index in [0.717, 1.165) is 19.6 Å². The van der Waals surface area contributed by atoms with Gasteiger partial charge in [0.25, 0.3) is 0 Å². The lowest BCUT2D eigenvalue weighted by atomic mass is 10.4. The molecule has 0 aromatic carbocycles. The van der Waals surface area contributed by atoms with E-state index in [2.05, 4.69) is 4.90 Å². The van der Waals surface area contributed by atoms with Crippen molar-refractivity contribution in [1.82, 2.24) is 4.90 Å². The van der Waals surface area contributed by atoms with Crippen LogP contribution >= 0.6 is 0 Å². The largest absolute Gasteiger partial charge is 0.383 e. The highest BCUT2D eigenvalue weighted by molar-refractivity contribution is 7.91. The maximum absolute atomic E-state index is 11.3. The molecule has 0 bridgehead atoms. The van der Waals surface area contributed by atoms with Crippen LogP contribution < -0.4 is 5.73 Å². The Hall–Kier alpha value is -0.170. The summed E-state index contributed by atoms with van der Waals surface area (Å²) >= 11 is 0. The Morgan fingerprint density at radius 3 is 2.44 bits per heavy atom. The molecule has 0 saturated carbocycles. The molecule has 0 radical (unpaired) electrons. The molecule has 0 saturated heterocycles. The Balaban J connectivity index is 3.83. The highest BCUT2D eigenvalue weighted by Gasteiger charge is 2.09. The summed E-state index contributed by atoms with van der Waals surface area (Å²) in [5.74, 6) is 0.486. The second-order valence-electron chi connectivity index (χ2n) is 3.71. The maximum Gasteiger partial charge on any atom is 0.150 e. The first kappa shape index (κ1) is 15.8. The zero-order chi connectivity index (χ0) is 12.4. The molecule has 2 N–H and O–H groups in total. The van der Waals surface area contributed by atoms with Crippen LogP contribution in [-0.4, -0.2) is 64.7 Å². The molecule has 0 amide bonds. The second kappa shape index (κ2) is 8.92. The van der Waals surface area contributed by atoms with Crippen molar-refractivity contribution in [3.63, 3.8) is 0 Å². The predicted octanol–water partition coefficient (Wildman–Crippen LogP) is -0.282. The van der Waals surface area contributed by atoms with Crippen molar-refractivity contribution in [2.45, 2.75) is 13.3 Å². The van der Waals surface area contributed by atoms with E-state index in [1.165, 1.54) is 0 Å². The lowest BCUT2D eigenvalue weighted by molar-refractivity contribution is 0.149. The van der Waals surface area contributed by atoms with E-state index in [1.807, 2.05) is 0 Å². The minimum Gasteiger partial charge on any atom is -0.383 e. The Labute approximate surface area is 98.9 Å². The van der Waals surface area contributed by atoms with Gasteiger partial charge in [0.1, 0.15) is 9.84 Å². The van der Waals surface area contributed by atoms with Crippen molar-refractivity contribution in [2.75, 3.05) is 51.4 Å². The van der Waals surface area contributed by atoms with Crippen LogP contribution in [0.1, 0.15) is 13.3 Å². The number of hydrogen-bond acceptors (Lipinski definition) is 5. The number of ether oxygens (including phenoxy) is 1. The third-order valence-corrected chi connectivity index (χ3v) is 4.22. The highest BCUT2D eigenvalue weighted by Crippen LogP contribution is 1.97. The molecule has 0 atom stereocenters. The first-order valence-electron chi connectivity index (χ1n) is 5.67. The Morgan fingerprint density at radius 2 is 1.94 bits per heavy atom. The van der Waals surface area contributed by atoms with E-state index in [1.54, 1.807) is 14.0 Å². The number of hydrogen-bond donors (Lipinski definition) is 1. The predicted molar refractivity (Wildman–Crippen MR) is 66.3 cm³/mol. The van der Waals surface area contributed by atoms with Gasteiger partial charge in [-0.05, 0) is 13.0 Å². The molecule has 98 valence electrons. The molecule has 0 unspecified atom stereocenters. The summed E-state index contributed by atoms with van der Waals surface area (Å²) in [6.07, 6.45) is 0.667. The first-order valence-corrected chi connectivity index (χ1v) is 7.49. The molecular formula is C10H24N2O3S. The monoisotopic (exact) mass is 252 g/mol. The van der Waals surface area contributed by atoms with Gasteiger partial charge in [-0.1, -0.05) is 6.92 Å². The van der Waals surface area contributed by atoms with Gasteiger partial charge in [0, 0.05) is 32.5 Å². The molecule has 0 fully saturated rings. The van der Waals surface area contributed by atoms with E-state index in [9.17, 15) is 8.42 Å². The van der Waals surface area contributed by atoms with Crippen LogP contribution in [0.3, 0.4) is 0 Å². The maximum atomic E-state index is 11.3. The van der Waals surface area contributed by atoms with E-state index in [4.69, 9.17) is 10.5 Å². The molecule has 6 heteroatoms. The van der Waals surface area contributed by atoms with Crippen LogP contribution in [0.15, 0.2) is 0 Å². The van der Waals surface area contributed by atoms with Crippen LogP contribution in [0.5, 0.6) is 0 Å². The Morgan fingerprint density at radius 1 is 1.25 bits per heavy atom. The number of nitrogens with two attached hydrogens (primary N) is 1. The van der Waals surface area contributed by atoms with E-state index in [-0.39, 0.29) is 11.5 Å². The number of nitrogens with zero attached hydrogens (tertiary/aromatic N) is 1. The fraction of sp³-hybridized carbons (Fsp3) is 1.00. The van der Waals surface area contributed by atoms with Gasteiger partial charge in [0.2, 0.25) is 0 Å². The van der Waals surface area contributed by atoms with E-state index >= 15 is 0 Å². The van der Waals surface area contributed by atoms with Gasteiger partial charge in [-0.15, -0.1) is 0 Å². The van der Waals surface area contributed by atoms with Crippen LogP contribution in [0, 0.1) is 0 Å². The number of rotatable bonds is 10. The van der Waals surface area contributed by atoms with Crippen molar-refractivity contribution in [3.05, 3.63) is 0 Å². The molecule has 0 spiro atoms. The summed E-state index contributed by atoms with van der Waals surface area (Å²) in [6, 6.07) is 0. The average molecular weight is 252 g/mol. The smallest absolute Gasteiger partial charge is 0.150 e. The summed E-state index contributed by atoms with van der Waals surface area (Å²) in [6.45, 7) is 5.28. The van der Waals surface area contributed by atoms with Crippen molar-refractivity contribution in [2.24, 2.45) is 5.73 Å². The minimum absolute atomic E-state index is 0.224. The lowest BCUT2D eigenvalue weighted by Gasteiger charge is -2.20. The van der Waals surface area contributed by atoms with Gasteiger partial charge >= 0.3 is 0 Å². The van der Waals surface area contributed by atoms with Crippen molar-refractivity contribution >= 4 is 9.84 Å². The quantitative estimate of drug-likeness (QED) is 0.579. The van der Waals surface area contributed by atoms with Gasteiger partial charge in [0.05, 0.1) is 12.4 Å². The van der Waals surface area contributed by atoms with Crippen LogP contribution in [0.4, 0.5) is 0 Å². The third-order valence-electron chi connectivity index (χ3n) is 2.43. The molecule has 0 aliphatic heterocycles. The second-order valence-corrected chi connectivity index (χ2v) is 6.19. The summed E-state index contributed by atoms with van der Waals surface area (Å²) in [7, 11) is -1.18. The highest BCUT2D eigenvalue weighted by atomic mass is 32.2. The van der Waals surface area contributed by atoms with E-state index in [0.29, 0.717) is 19.6 Å². The Bertz CT molecular complexity index is 255. The minimum atomic E-state index is -2.84. The molecule has 0 heterocycles. The molecular weight excluding hydrogens is 228 g/mol. The third kappa shape index (κ3) is 8.04. The summed E-state index contributed by atoms with van der Waals surface area (Å²) in [5, 5.41) is 0. The van der Waals surface area contributed by atoms with Crippen molar-refractivity contribution < 1.29 is 13.2 Å². The van der Waals surface area contributed by atoms with Gasteiger partial charge in [-0.2, -0.15) is 0 Å². The molecule has 0 aliphatic rings. The number of methoxy groups -OCH3 is 1.